The molecule has 2 rings (SSSR count). The van der Waals surface area contributed by atoms with Crippen LogP contribution >= 0.6 is 12.4 Å². The number of amides is 1. The Morgan fingerprint density at radius 2 is 2.10 bits per heavy atom. The van der Waals surface area contributed by atoms with Gasteiger partial charge in [0, 0.05) is 20.1 Å². The summed E-state index contributed by atoms with van der Waals surface area (Å²) in [4.78, 5) is 14.0. The zero-order valence-corrected chi connectivity index (χ0v) is 12.9. The molecule has 0 spiro atoms. The lowest BCUT2D eigenvalue weighted by atomic mass is 10.1. The summed E-state index contributed by atoms with van der Waals surface area (Å²) in [7, 11) is 1.87. The first-order valence-corrected chi connectivity index (χ1v) is 6.88. The molecule has 5 heteroatoms. The van der Waals surface area contributed by atoms with Crippen LogP contribution < -0.4 is 10.1 Å². The number of carbonyl (C=O) groups excluding carboxylic acids is 1. The molecular formula is C15H23ClN2O2. The zero-order chi connectivity index (χ0) is 13.7. The first kappa shape index (κ1) is 16.8. The van der Waals surface area contributed by atoms with E-state index >= 15 is 0 Å². The Labute approximate surface area is 126 Å². The van der Waals surface area contributed by atoms with E-state index in [0.29, 0.717) is 13.2 Å². The van der Waals surface area contributed by atoms with Gasteiger partial charge in [-0.05, 0) is 37.6 Å². The summed E-state index contributed by atoms with van der Waals surface area (Å²) in [6.45, 7) is 5.06. The summed E-state index contributed by atoms with van der Waals surface area (Å²) in [6.07, 6.45) is 0.951. The number of halogens is 1. The van der Waals surface area contributed by atoms with Crippen molar-refractivity contribution in [2.24, 2.45) is 5.92 Å². The quantitative estimate of drug-likeness (QED) is 0.905. The van der Waals surface area contributed by atoms with Crippen LogP contribution in [0.25, 0.3) is 0 Å². The third-order valence-electron chi connectivity index (χ3n) is 3.44. The largest absolute Gasteiger partial charge is 0.494 e. The number of hydrogen-bond donors (Lipinski definition) is 1. The summed E-state index contributed by atoms with van der Waals surface area (Å²) in [6, 6.07) is 7.94. The molecule has 1 aromatic rings. The fourth-order valence-corrected chi connectivity index (χ4v) is 2.39. The molecule has 20 heavy (non-hydrogen) atoms. The summed E-state index contributed by atoms with van der Waals surface area (Å²) in [5, 5.41) is 3.23. The molecule has 0 aliphatic carbocycles. The van der Waals surface area contributed by atoms with Gasteiger partial charge in [0.25, 0.3) is 0 Å². The molecule has 1 fully saturated rings. The second kappa shape index (κ2) is 8.12. The van der Waals surface area contributed by atoms with Crippen LogP contribution in [-0.2, 0) is 11.3 Å². The second-order valence-electron chi connectivity index (χ2n) is 4.96. The smallest absolute Gasteiger partial charge is 0.227 e. The third kappa shape index (κ3) is 4.39. The van der Waals surface area contributed by atoms with Crippen LogP contribution in [0.2, 0.25) is 0 Å². The van der Waals surface area contributed by atoms with Gasteiger partial charge in [0.15, 0.2) is 0 Å². The Balaban J connectivity index is 0.00000200. The SMILES string of the molecule is CCOc1ccc(CN(C)C(=O)C2CCNC2)cc1.Cl. The average Bonchev–Trinajstić information content (AvgIpc) is 2.94. The first-order valence-electron chi connectivity index (χ1n) is 6.88. The first-order chi connectivity index (χ1) is 9.20. The van der Waals surface area contributed by atoms with Crippen molar-refractivity contribution >= 4 is 18.3 Å². The Morgan fingerprint density at radius 1 is 1.40 bits per heavy atom. The van der Waals surface area contributed by atoms with Crippen LogP contribution in [0.1, 0.15) is 18.9 Å². The van der Waals surface area contributed by atoms with E-state index in [1.54, 1.807) is 0 Å². The van der Waals surface area contributed by atoms with Crippen molar-refractivity contribution in [3.63, 3.8) is 0 Å². The van der Waals surface area contributed by atoms with Gasteiger partial charge in [-0.3, -0.25) is 4.79 Å². The Kier molecular flexibility index (Phi) is 6.82. The predicted octanol–water partition coefficient (Wildman–Crippen LogP) is 2.07. The van der Waals surface area contributed by atoms with Gasteiger partial charge in [0.1, 0.15) is 5.75 Å². The van der Waals surface area contributed by atoms with E-state index in [4.69, 9.17) is 4.74 Å². The standard InChI is InChI=1S/C15H22N2O2.ClH/c1-3-19-14-6-4-12(5-7-14)11-17(2)15(18)13-8-9-16-10-13;/h4-7,13,16H,3,8-11H2,1-2H3;1H. The van der Waals surface area contributed by atoms with Crippen LogP contribution in [0.4, 0.5) is 0 Å². The van der Waals surface area contributed by atoms with E-state index in [2.05, 4.69) is 5.32 Å². The molecule has 1 amide bonds. The molecule has 1 unspecified atom stereocenters. The molecule has 0 radical (unpaired) electrons. The molecule has 0 saturated carbocycles. The maximum Gasteiger partial charge on any atom is 0.227 e. The van der Waals surface area contributed by atoms with Crippen molar-refractivity contribution in [3.8, 4) is 5.75 Å². The fourth-order valence-electron chi connectivity index (χ4n) is 2.39. The summed E-state index contributed by atoms with van der Waals surface area (Å²) >= 11 is 0. The van der Waals surface area contributed by atoms with Gasteiger partial charge < -0.3 is 15.0 Å². The Hall–Kier alpha value is -1.26. The van der Waals surface area contributed by atoms with Crippen LogP contribution in [0.3, 0.4) is 0 Å². The Bertz CT molecular complexity index is 416. The van der Waals surface area contributed by atoms with E-state index in [1.807, 2.05) is 43.1 Å². The lowest BCUT2D eigenvalue weighted by molar-refractivity contribution is -0.134. The van der Waals surface area contributed by atoms with Gasteiger partial charge in [-0.15, -0.1) is 12.4 Å². The van der Waals surface area contributed by atoms with Crippen molar-refractivity contribution in [1.29, 1.82) is 0 Å². The highest BCUT2D eigenvalue weighted by molar-refractivity contribution is 5.85. The Morgan fingerprint density at radius 3 is 2.65 bits per heavy atom. The predicted molar refractivity (Wildman–Crippen MR) is 82.3 cm³/mol. The van der Waals surface area contributed by atoms with Gasteiger partial charge >= 0.3 is 0 Å². The lowest BCUT2D eigenvalue weighted by Crippen LogP contribution is -2.33. The topological polar surface area (TPSA) is 41.6 Å². The molecule has 0 aromatic heterocycles. The van der Waals surface area contributed by atoms with E-state index in [9.17, 15) is 4.79 Å². The number of benzene rings is 1. The molecule has 1 atom stereocenters. The summed E-state index contributed by atoms with van der Waals surface area (Å²) in [5.41, 5.74) is 1.13. The van der Waals surface area contributed by atoms with Crippen molar-refractivity contribution in [1.82, 2.24) is 10.2 Å². The van der Waals surface area contributed by atoms with Gasteiger partial charge in [0.05, 0.1) is 12.5 Å². The van der Waals surface area contributed by atoms with E-state index < -0.39 is 0 Å². The fraction of sp³-hybridized carbons (Fsp3) is 0.533. The molecular weight excluding hydrogens is 276 g/mol. The number of ether oxygens (including phenoxy) is 1. The highest BCUT2D eigenvalue weighted by Gasteiger charge is 2.25. The molecule has 1 aromatic carbocycles. The van der Waals surface area contributed by atoms with Crippen molar-refractivity contribution in [3.05, 3.63) is 29.8 Å². The van der Waals surface area contributed by atoms with E-state index in [0.717, 1.165) is 30.8 Å². The van der Waals surface area contributed by atoms with Crippen LogP contribution in [0, 0.1) is 5.92 Å². The number of rotatable bonds is 5. The van der Waals surface area contributed by atoms with Gasteiger partial charge in [0.2, 0.25) is 5.91 Å². The van der Waals surface area contributed by atoms with Crippen LogP contribution in [-0.4, -0.2) is 37.6 Å². The molecule has 1 N–H and O–H groups in total. The summed E-state index contributed by atoms with van der Waals surface area (Å²) < 4.78 is 5.41. The molecule has 1 heterocycles. The summed E-state index contributed by atoms with van der Waals surface area (Å²) in [5.74, 6) is 1.26. The van der Waals surface area contributed by atoms with E-state index in [-0.39, 0.29) is 24.2 Å². The monoisotopic (exact) mass is 298 g/mol. The molecule has 112 valence electrons. The maximum atomic E-state index is 12.2. The number of nitrogens with zero attached hydrogens (tertiary/aromatic N) is 1. The van der Waals surface area contributed by atoms with Crippen LogP contribution in [0.15, 0.2) is 24.3 Å². The van der Waals surface area contributed by atoms with Crippen molar-refractivity contribution < 1.29 is 9.53 Å². The molecule has 1 aliphatic heterocycles. The minimum Gasteiger partial charge on any atom is -0.494 e. The highest BCUT2D eigenvalue weighted by atomic mass is 35.5. The average molecular weight is 299 g/mol. The molecule has 1 saturated heterocycles. The minimum atomic E-state index is 0. The van der Waals surface area contributed by atoms with Crippen LogP contribution in [0.5, 0.6) is 5.75 Å². The maximum absolute atomic E-state index is 12.2. The highest BCUT2D eigenvalue weighted by Crippen LogP contribution is 2.16. The number of hydrogen-bond acceptors (Lipinski definition) is 3. The van der Waals surface area contributed by atoms with Gasteiger partial charge in [-0.25, -0.2) is 0 Å². The van der Waals surface area contributed by atoms with Crippen molar-refractivity contribution in [2.75, 3.05) is 26.7 Å². The number of nitrogens with one attached hydrogen (secondary N) is 1. The molecule has 1 aliphatic rings. The lowest BCUT2D eigenvalue weighted by Gasteiger charge is -2.20. The number of carbonyl (C=O) groups is 1. The normalized spacial score (nSPS) is 17.4. The molecule has 0 bridgehead atoms. The second-order valence-corrected chi connectivity index (χ2v) is 4.96. The minimum absolute atomic E-state index is 0. The van der Waals surface area contributed by atoms with E-state index in [1.165, 1.54) is 0 Å². The van der Waals surface area contributed by atoms with Gasteiger partial charge in [-0.1, -0.05) is 12.1 Å². The zero-order valence-electron chi connectivity index (χ0n) is 12.1. The van der Waals surface area contributed by atoms with Crippen molar-refractivity contribution in [2.45, 2.75) is 19.9 Å². The third-order valence-corrected chi connectivity index (χ3v) is 3.44. The molecule has 4 nitrogen and oxygen atoms in total. The van der Waals surface area contributed by atoms with Gasteiger partial charge in [-0.2, -0.15) is 0 Å².